The molecule has 14 heavy (non-hydrogen) atoms. The van der Waals surface area contributed by atoms with E-state index in [0.717, 1.165) is 0 Å². The van der Waals surface area contributed by atoms with Crippen LogP contribution in [0.4, 0.5) is 5.82 Å². The molecule has 0 spiro atoms. The van der Waals surface area contributed by atoms with Crippen molar-refractivity contribution in [3.63, 3.8) is 0 Å². The van der Waals surface area contributed by atoms with E-state index in [4.69, 9.17) is 4.74 Å². The summed E-state index contributed by atoms with van der Waals surface area (Å²) in [6.07, 6.45) is 1.85. The van der Waals surface area contributed by atoms with E-state index in [0.29, 0.717) is 16.9 Å². The van der Waals surface area contributed by atoms with Crippen LogP contribution in [0.25, 0.3) is 0 Å². The van der Waals surface area contributed by atoms with Crippen LogP contribution in [-0.4, -0.2) is 29.2 Å². The minimum atomic E-state index is -0.169. The molecule has 1 N–H and O–H groups in total. The lowest BCUT2D eigenvalue weighted by Gasteiger charge is -2.05. The molecule has 0 radical (unpaired) electrons. The SMILES string of the molecule is COc1cc(NC(C)=O)nc(SC)n1. The van der Waals surface area contributed by atoms with E-state index in [1.165, 1.54) is 25.8 Å². The number of nitrogens with one attached hydrogen (secondary N) is 1. The van der Waals surface area contributed by atoms with Crippen LogP contribution in [-0.2, 0) is 4.79 Å². The molecule has 0 saturated heterocycles. The molecule has 1 heterocycles. The van der Waals surface area contributed by atoms with Crippen LogP contribution in [0.3, 0.4) is 0 Å². The molecule has 6 heteroatoms. The van der Waals surface area contributed by atoms with Crippen molar-refractivity contribution in [3.8, 4) is 5.88 Å². The number of thioether (sulfide) groups is 1. The largest absolute Gasteiger partial charge is 0.481 e. The van der Waals surface area contributed by atoms with Crippen LogP contribution < -0.4 is 10.1 Å². The standard InChI is InChI=1S/C8H11N3O2S/c1-5(12)9-6-4-7(13-2)11-8(10-6)14-3/h4H,1-3H3,(H,9,10,11,12). The van der Waals surface area contributed by atoms with Gasteiger partial charge in [0.25, 0.3) is 0 Å². The van der Waals surface area contributed by atoms with Crippen molar-refractivity contribution < 1.29 is 9.53 Å². The zero-order valence-corrected chi connectivity index (χ0v) is 9.01. The highest BCUT2D eigenvalue weighted by Crippen LogP contribution is 2.18. The second-order valence-electron chi connectivity index (χ2n) is 2.46. The number of amides is 1. The maximum absolute atomic E-state index is 10.8. The van der Waals surface area contributed by atoms with Gasteiger partial charge >= 0.3 is 0 Å². The lowest BCUT2D eigenvalue weighted by atomic mass is 10.5. The number of hydrogen-bond acceptors (Lipinski definition) is 5. The van der Waals surface area contributed by atoms with Gasteiger partial charge in [-0.1, -0.05) is 11.8 Å². The fourth-order valence-electron chi connectivity index (χ4n) is 0.844. The molecule has 0 aromatic carbocycles. The second kappa shape index (κ2) is 4.80. The minimum Gasteiger partial charge on any atom is -0.481 e. The van der Waals surface area contributed by atoms with E-state index in [1.54, 1.807) is 6.07 Å². The molecular formula is C8H11N3O2S. The number of aromatic nitrogens is 2. The monoisotopic (exact) mass is 213 g/mol. The first-order valence-corrected chi connectivity index (χ1v) is 5.13. The first-order chi connectivity index (χ1) is 6.65. The molecule has 0 aliphatic heterocycles. The first-order valence-electron chi connectivity index (χ1n) is 3.90. The lowest BCUT2D eigenvalue weighted by Crippen LogP contribution is -2.08. The first kappa shape index (κ1) is 10.8. The van der Waals surface area contributed by atoms with Gasteiger partial charge in [-0.25, -0.2) is 4.98 Å². The van der Waals surface area contributed by atoms with Gasteiger partial charge in [-0.15, -0.1) is 0 Å². The summed E-state index contributed by atoms with van der Waals surface area (Å²) in [4.78, 5) is 18.9. The van der Waals surface area contributed by atoms with Crippen molar-refractivity contribution in [1.82, 2.24) is 9.97 Å². The van der Waals surface area contributed by atoms with Crippen molar-refractivity contribution in [2.45, 2.75) is 12.1 Å². The molecule has 0 unspecified atom stereocenters. The van der Waals surface area contributed by atoms with Gasteiger partial charge < -0.3 is 10.1 Å². The normalized spacial score (nSPS) is 9.64. The molecular weight excluding hydrogens is 202 g/mol. The number of rotatable bonds is 3. The van der Waals surface area contributed by atoms with Crippen molar-refractivity contribution in [3.05, 3.63) is 6.07 Å². The lowest BCUT2D eigenvalue weighted by molar-refractivity contribution is -0.114. The predicted octanol–water partition coefficient (Wildman–Crippen LogP) is 1.17. The zero-order valence-electron chi connectivity index (χ0n) is 8.20. The van der Waals surface area contributed by atoms with Gasteiger partial charge in [0.2, 0.25) is 11.8 Å². The molecule has 0 atom stereocenters. The molecule has 5 nitrogen and oxygen atoms in total. The maximum Gasteiger partial charge on any atom is 0.222 e. The molecule has 0 aliphatic rings. The molecule has 0 fully saturated rings. The Hall–Kier alpha value is -1.30. The third-order valence-corrected chi connectivity index (χ3v) is 1.93. The molecule has 1 rings (SSSR count). The van der Waals surface area contributed by atoms with Crippen LogP contribution in [0.15, 0.2) is 11.2 Å². The van der Waals surface area contributed by atoms with E-state index in [2.05, 4.69) is 15.3 Å². The van der Waals surface area contributed by atoms with Crippen LogP contribution in [0, 0.1) is 0 Å². The van der Waals surface area contributed by atoms with Crippen LogP contribution in [0.1, 0.15) is 6.92 Å². The fourth-order valence-corrected chi connectivity index (χ4v) is 1.21. The highest BCUT2D eigenvalue weighted by Gasteiger charge is 2.04. The summed E-state index contributed by atoms with van der Waals surface area (Å²) < 4.78 is 4.96. The quantitative estimate of drug-likeness (QED) is 0.603. The number of methoxy groups -OCH3 is 1. The maximum atomic E-state index is 10.8. The molecule has 0 aliphatic carbocycles. The second-order valence-corrected chi connectivity index (χ2v) is 3.24. The van der Waals surface area contributed by atoms with Crippen molar-refractivity contribution in [2.24, 2.45) is 0 Å². The topological polar surface area (TPSA) is 64.1 Å². The number of hydrogen-bond donors (Lipinski definition) is 1. The van der Waals surface area contributed by atoms with E-state index in [9.17, 15) is 4.79 Å². The van der Waals surface area contributed by atoms with Gasteiger partial charge in [0.15, 0.2) is 5.16 Å². The van der Waals surface area contributed by atoms with Crippen molar-refractivity contribution in [1.29, 1.82) is 0 Å². The zero-order chi connectivity index (χ0) is 10.6. The van der Waals surface area contributed by atoms with Crippen molar-refractivity contribution >= 4 is 23.5 Å². The van der Waals surface area contributed by atoms with Gasteiger partial charge in [0, 0.05) is 13.0 Å². The summed E-state index contributed by atoms with van der Waals surface area (Å²) in [7, 11) is 1.52. The van der Waals surface area contributed by atoms with E-state index >= 15 is 0 Å². The summed E-state index contributed by atoms with van der Waals surface area (Å²) in [5.74, 6) is 0.722. The Morgan fingerprint density at radius 1 is 1.57 bits per heavy atom. The van der Waals surface area contributed by atoms with Gasteiger partial charge in [0.1, 0.15) is 5.82 Å². The number of anilines is 1. The highest BCUT2D eigenvalue weighted by molar-refractivity contribution is 7.98. The van der Waals surface area contributed by atoms with Crippen molar-refractivity contribution in [2.75, 3.05) is 18.7 Å². The third-order valence-electron chi connectivity index (χ3n) is 1.38. The number of ether oxygens (including phenoxy) is 1. The molecule has 1 aromatic rings. The molecule has 1 aromatic heterocycles. The Morgan fingerprint density at radius 3 is 2.79 bits per heavy atom. The fraction of sp³-hybridized carbons (Fsp3) is 0.375. The Kier molecular flexibility index (Phi) is 3.70. The number of carbonyl (C=O) groups is 1. The smallest absolute Gasteiger partial charge is 0.222 e. The van der Waals surface area contributed by atoms with Gasteiger partial charge in [-0.05, 0) is 6.26 Å². The van der Waals surface area contributed by atoms with Crippen LogP contribution >= 0.6 is 11.8 Å². The third kappa shape index (κ3) is 2.88. The Morgan fingerprint density at radius 2 is 2.29 bits per heavy atom. The summed E-state index contributed by atoms with van der Waals surface area (Å²) in [5.41, 5.74) is 0. The van der Waals surface area contributed by atoms with Crippen LogP contribution in [0.2, 0.25) is 0 Å². The predicted molar refractivity (Wildman–Crippen MR) is 54.7 cm³/mol. The van der Waals surface area contributed by atoms with Crippen LogP contribution in [0.5, 0.6) is 5.88 Å². The highest BCUT2D eigenvalue weighted by atomic mass is 32.2. The van der Waals surface area contributed by atoms with Gasteiger partial charge in [-0.3, -0.25) is 4.79 Å². The Labute approximate surface area is 86.3 Å². The molecule has 76 valence electrons. The number of nitrogens with zero attached hydrogens (tertiary/aromatic N) is 2. The molecule has 0 saturated carbocycles. The Bertz CT molecular complexity index is 321. The van der Waals surface area contributed by atoms with E-state index < -0.39 is 0 Å². The number of carbonyl (C=O) groups excluding carboxylic acids is 1. The Balaban J connectivity index is 2.98. The van der Waals surface area contributed by atoms with E-state index in [-0.39, 0.29) is 5.91 Å². The minimum absolute atomic E-state index is 0.169. The summed E-state index contributed by atoms with van der Waals surface area (Å²) in [5, 5.41) is 3.13. The van der Waals surface area contributed by atoms with Gasteiger partial charge in [0.05, 0.1) is 7.11 Å². The molecule has 1 amide bonds. The van der Waals surface area contributed by atoms with E-state index in [1.807, 2.05) is 6.26 Å². The van der Waals surface area contributed by atoms with Gasteiger partial charge in [-0.2, -0.15) is 4.98 Å². The average Bonchev–Trinajstić information content (AvgIpc) is 2.16. The summed E-state index contributed by atoms with van der Waals surface area (Å²) >= 11 is 1.39. The molecule has 0 bridgehead atoms. The average molecular weight is 213 g/mol. The summed E-state index contributed by atoms with van der Waals surface area (Å²) in [6, 6.07) is 1.57. The summed E-state index contributed by atoms with van der Waals surface area (Å²) in [6.45, 7) is 1.42.